The van der Waals surface area contributed by atoms with E-state index in [-0.39, 0.29) is 27.8 Å². The van der Waals surface area contributed by atoms with Gasteiger partial charge in [-0.25, -0.2) is 0 Å². The van der Waals surface area contributed by atoms with Crippen LogP contribution in [-0.4, -0.2) is 36.6 Å². The second kappa shape index (κ2) is 10.6. The van der Waals surface area contributed by atoms with Crippen molar-refractivity contribution in [3.05, 3.63) is 72.8 Å². The van der Waals surface area contributed by atoms with Crippen LogP contribution in [0.25, 0.3) is 11.1 Å². The van der Waals surface area contributed by atoms with Crippen LogP contribution in [-0.2, 0) is 24.0 Å². The Bertz CT molecular complexity index is 1190. The van der Waals surface area contributed by atoms with Crippen LogP contribution in [0.3, 0.4) is 0 Å². The zero-order chi connectivity index (χ0) is 29.8. The Kier molecular flexibility index (Phi) is 7.81. The Morgan fingerprint density at radius 3 is 1.24 bits per heavy atom. The molecule has 0 spiro atoms. The maximum absolute atomic E-state index is 6.50. The molecule has 0 atom stereocenters. The van der Waals surface area contributed by atoms with Crippen LogP contribution in [0.15, 0.2) is 61.7 Å². The smallest absolute Gasteiger partial charge is 0.399 e. The van der Waals surface area contributed by atoms with Crippen molar-refractivity contribution in [1.82, 2.24) is 0 Å². The van der Waals surface area contributed by atoms with Gasteiger partial charge < -0.3 is 18.6 Å². The molecule has 0 bridgehead atoms. The van der Waals surface area contributed by atoms with Crippen molar-refractivity contribution >= 4 is 25.2 Å². The summed E-state index contributed by atoms with van der Waals surface area (Å²) in [7, 11) is -0.790. The number of benzene rings is 2. The Morgan fingerprint density at radius 2 is 0.927 bits per heavy atom. The Labute approximate surface area is 249 Å². The Morgan fingerprint density at radius 1 is 0.585 bits per heavy atom. The molecular weight excluding hydrogens is 506 g/mol. The van der Waals surface area contributed by atoms with Crippen LogP contribution in [0.4, 0.5) is 0 Å². The molecule has 41 heavy (non-hydrogen) atoms. The van der Waals surface area contributed by atoms with Gasteiger partial charge in [-0.15, -0.1) is 13.2 Å². The van der Waals surface area contributed by atoms with Gasteiger partial charge in [-0.1, -0.05) is 48.6 Å². The molecule has 5 rings (SSSR count). The quantitative estimate of drug-likeness (QED) is 0.176. The van der Waals surface area contributed by atoms with Crippen molar-refractivity contribution in [2.24, 2.45) is 0 Å². The average Bonchev–Trinajstić information content (AvgIpc) is 3.39. The van der Waals surface area contributed by atoms with Crippen LogP contribution in [0, 0.1) is 0 Å². The van der Waals surface area contributed by atoms with Gasteiger partial charge in [0.05, 0.1) is 22.4 Å². The summed E-state index contributed by atoms with van der Waals surface area (Å²) in [5, 5.41) is 0. The molecule has 0 saturated carbocycles. The summed E-state index contributed by atoms with van der Waals surface area (Å²) in [6.07, 6.45) is 10.3. The summed E-state index contributed by atoms with van der Waals surface area (Å²) in [4.78, 5) is 0. The molecule has 2 heterocycles. The predicted molar refractivity (Wildman–Crippen MR) is 172 cm³/mol. The summed E-state index contributed by atoms with van der Waals surface area (Å²) >= 11 is 0. The summed E-state index contributed by atoms with van der Waals surface area (Å²) in [6.45, 7) is 24.9. The summed E-state index contributed by atoms with van der Waals surface area (Å²) in [6, 6.07) is 13.7. The molecule has 0 unspecified atom stereocenters. The summed E-state index contributed by atoms with van der Waals surface area (Å²) in [5.74, 6) is 0. The van der Waals surface area contributed by atoms with Crippen LogP contribution in [0.2, 0.25) is 0 Å². The maximum Gasteiger partial charge on any atom is 0.494 e. The first kappa shape index (κ1) is 30.4. The number of hydrogen-bond acceptors (Lipinski definition) is 4. The van der Waals surface area contributed by atoms with E-state index in [1.54, 1.807) is 0 Å². The standard InChI is InChI=1S/C35H48B2O4/c1-11-13-15-21-35(22-16-14-12-2)29-23-25(36-38-31(3,4)32(5,6)39-36)17-19-27(29)28-20-18-26(24-30(28)35)37-40-33(7,8)34(9,10)41-37/h11-12,17-20,23-24H,1-2,13-16,21-22H2,3-10H3. The van der Waals surface area contributed by atoms with Crippen LogP contribution >= 0.6 is 0 Å². The molecule has 6 heteroatoms. The first-order chi connectivity index (χ1) is 19.2. The highest BCUT2D eigenvalue weighted by Gasteiger charge is 2.54. The minimum atomic E-state index is -0.395. The van der Waals surface area contributed by atoms with Crippen LogP contribution in [0.5, 0.6) is 0 Å². The number of fused-ring (bicyclic) bond motifs is 3. The van der Waals surface area contributed by atoms with Crippen molar-refractivity contribution in [3.63, 3.8) is 0 Å². The lowest BCUT2D eigenvalue weighted by atomic mass is 9.67. The lowest BCUT2D eigenvalue weighted by Crippen LogP contribution is -2.41. The molecule has 2 aliphatic heterocycles. The minimum Gasteiger partial charge on any atom is -0.399 e. The third-order valence-corrected chi connectivity index (χ3v) is 10.5. The highest BCUT2D eigenvalue weighted by Crippen LogP contribution is 2.54. The second-order valence-electron chi connectivity index (χ2n) is 14.2. The van der Waals surface area contributed by atoms with Crippen LogP contribution < -0.4 is 10.9 Å². The third kappa shape index (κ3) is 5.09. The molecule has 218 valence electrons. The fourth-order valence-electron chi connectivity index (χ4n) is 6.54. The molecule has 0 N–H and O–H groups in total. The molecule has 2 aromatic carbocycles. The highest BCUT2D eigenvalue weighted by atomic mass is 16.7. The van der Waals surface area contributed by atoms with Crippen molar-refractivity contribution in [2.45, 2.75) is 122 Å². The van der Waals surface area contributed by atoms with Crippen molar-refractivity contribution < 1.29 is 18.6 Å². The van der Waals surface area contributed by atoms with E-state index in [9.17, 15) is 0 Å². The van der Waals surface area contributed by atoms with Gasteiger partial charge in [0.1, 0.15) is 0 Å². The normalized spacial score (nSPS) is 22.4. The zero-order valence-electron chi connectivity index (χ0n) is 26.6. The van der Waals surface area contributed by atoms with Gasteiger partial charge in [-0.05, 0) is 127 Å². The topological polar surface area (TPSA) is 36.9 Å². The van der Waals surface area contributed by atoms with Crippen molar-refractivity contribution in [2.75, 3.05) is 0 Å². The number of hydrogen-bond donors (Lipinski definition) is 0. The van der Waals surface area contributed by atoms with E-state index in [1.165, 1.54) is 22.3 Å². The summed E-state index contributed by atoms with van der Waals surface area (Å²) < 4.78 is 26.0. The number of unbranched alkanes of at least 4 members (excludes halogenated alkanes) is 2. The molecule has 3 aliphatic rings. The lowest BCUT2D eigenvalue weighted by molar-refractivity contribution is 0.00578. The fraction of sp³-hybridized carbons (Fsp3) is 0.543. The van der Waals surface area contributed by atoms with E-state index in [1.807, 2.05) is 12.2 Å². The number of rotatable bonds is 10. The predicted octanol–water partition coefficient (Wildman–Crippen LogP) is 7.26. The lowest BCUT2D eigenvalue weighted by Gasteiger charge is -2.33. The molecule has 2 saturated heterocycles. The second-order valence-corrected chi connectivity index (χ2v) is 14.2. The maximum atomic E-state index is 6.50. The van der Waals surface area contributed by atoms with Gasteiger partial charge >= 0.3 is 14.2 Å². The highest BCUT2D eigenvalue weighted by molar-refractivity contribution is 6.62. The third-order valence-electron chi connectivity index (χ3n) is 10.5. The average molecular weight is 554 g/mol. The molecule has 1 aliphatic carbocycles. The molecule has 0 radical (unpaired) electrons. The molecule has 4 nitrogen and oxygen atoms in total. The largest absolute Gasteiger partial charge is 0.494 e. The van der Waals surface area contributed by atoms with E-state index < -0.39 is 14.2 Å². The van der Waals surface area contributed by atoms with E-state index in [0.29, 0.717) is 0 Å². The first-order valence-corrected chi connectivity index (χ1v) is 15.4. The van der Waals surface area contributed by atoms with Gasteiger partial charge in [-0.3, -0.25) is 0 Å². The van der Waals surface area contributed by atoms with Crippen molar-refractivity contribution in [1.29, 1.82) is 0 Å². The van der Waals surface area contributed by atoms with E-state index >= 15 is 0 Å². The first-order valence-electron chi connectivity index (χ1n) is 15.4. The zero-order valence-corrected chi connectivity index (χ0v) is 26.6. The Balaban J connectivity index is 1.62. The molecule has 0 aromatic heterocycles. The summed E-state index contributed by atoms with van der Waals surface area (Å²) in [5.41, 5.74) is 5.83. The monoisotopic (exact) mass is 554 g/mol. The van der Waals surface area contributed by atoms with E-state index in [0.717, 1.165) is 49.5 Å². The molecular formula is C35H48B2O4. The fourth-order valence-corrected chi connectivity index (χ4v) is 6.54. The molecule has 2 aromatic rings. The molecule has 2 fully saturated rings. The SMILES string of the molecule is C=CCCCC1(CCCC=C)c2cc(B3OC(C)(C)C(C)(C)O3)ccc2-c2ccc(B3OC(C)(C)C(C)(C)O3)cc21. The van der Waals surface area contributed by atoms with E-state index in [4.69, 9.17) is 18.6 Å². The molecule has 0 amide bonds. The van der Waals surface area contributed by atoms with Gasteiger partial charge in [0.15, 0.2) is 0 Å². The van der Waals surface area contributed by atoms with Gasteiger partial charge in [0.25, 0.3) is 0 Å². The number of allylic oxidation sites excluding steroid dienone is 2. The van der Waals surface area contributed by atoms with Gasteiger partial charge in [0.2, 0.25) is 0 Å². The van der Waals surface area contributed by atoms with Gasteiger partial charge in [0, 0.05) is 5.41 Å². The minimum absolute atomic E-state index is 0.143. The van der Waals surface area contributed by atoms with Gasteiger partial charge in [-0.2, -0.15) is 0 Å². The Hall–Kier alpha value is -2.11. The van der Waals surface area contributed by atoms with E-state index in [2.05, 4.69) is 105 Å². The van der Waals surface area contributed by atoms with Crippen molar-refractivity contribution in [3.8, 4) is 11.1 Å². The van der Waals surface area contributed by atoms with Crippen LogP contribution in [0.1, 0.15) is 105 Å².